The molecular weight excluding hydrogens is 363 g/mol. The van der Waals surface area contributed by atoms with Gasteiger partial charge in [-0.05, 0) is 0 Å². The molecule has 0 spiro atoms. The molecular formula is C19H38OSn. The molecule has 0 rings (SSSR count). The van der Waals surface area contributed by atoms with Crippen molar-refractivity contribution in [1.82, 2.24) is 0 Å². The molecule has 124 valence electrons. The Labute approximate surface area is 138 Å². The Kier molecular flexibility index (Phi) is 14.2. The summed E-state index contributed by atoms with van der Waals surface area (Å²) in [5.74, 6) is 6.09. The average molecular weight is 401 g/mol. The SMILES string of the molecule is CC#CCO[C@@H](CC)[Sn]([CH2]CCC)([CH2]CCC)[CH2]CCC. The summed E-state index contributed by atoms with van der Waals surface area (Å²) in [5, 5.41) is 0. The van der Waals surface area contributed by atoms with E-state index < -0.39 is 18.4 Å². The fourth-order valence-corrected chi connectivity index (χ4v) is 21.1. The van der Waals surface area contributed by atoms with Gasteiger partial charge in [-0.15, -0.1) is 0 Å². The van der Waals surface area contributed by atoms with Gasteiger partial charge in [0.25, 0.3) is 0 Å². The van der Waals surface area contributed by atoms with Crippen LogP contribution in [-0.4, -0.2) is 29.1 Å². The zero-order valence-corrected chi connectivity index (χ0v) is 18.1. The van der Waals surface area contributed by atoms with Gasteiger partial charge in [-0.3, -0.25) is 0 Å². The maximum atomic E-state index is 6.31. The second-order valence-electron chi connectivity index (χ2n) is 6.31. The fourth-order valence-electron chi connectivity index (χ4n) is 3.39. The van der Waals surface area contributed by atoms with E-state index in [1.54, 1.807) is 0 Å². The first-order valence-electron chi connectivity index (χ1n) is 9.21. The number of unbranched alkanes of at least 4 members (excludes halogenated alkanes) is 3. The summed E-state index contributed by atoms with van der Waals surface area (Å²) in [6.07, 6.45) is 9.47. The van der Waals surface area contributed by atoms with Crippen LogP contribution in [0.15, 0.2) is 0 Å². The Morgan fingerprint density at radius 1 is 0.857 bits per heavy atom. The van der Waals surface area contributed by atoms with Gasteiger partial charge in [0.2, 0.25) is 0 Å². The van der Waals surface area contributed by atoms with Crippen molar-refractivity contribution in [2.45, 2.75) is 97.0 Å². The molecule has 2 heteroatoms. The number of hydrogen-bond donors (Lipinski definition) is 0. The normalized spacial score (nSPS) is 12.8. The van der Waals surface area contributed by atoms with Crippen molar-refractivity contribution in [3.63, 3.8) is 0 Å². The molecule has 21 heavy (non-hydrogen) atoms. The van der Waals surface area contributed by atoms with Gasteiger partial charge in [-0.1, -0.05) is 0 Å². The molecule has 0 saturated carbocycles. The first-order valence-corrected chi connectivity index (χ1v) is 16.9. The van der Waals surface area contributed by atoms with E-state index in [2.05, 4.69) is 39.5 Å². The topological polar surface area (TPSA) is 9.23 Å². The summed E-state index contributed by atoms with van der Waals surface area (Å²) in [6, 6.07) is 0. The van der Waals surface area contributed by atoms with Gasteiger partial charge in [0.05, 0.1) is 0 Å². The van der Waals surface area contributed by atoms with E-state index in [4.69, 9.17) is 4.74 Å². The van der Waals surface area contributed by atoms with Crippen LogP contribution >= 0.6 is 0 Å². The van der Waals surface area contributed by atoms with Gasteiger partial charge < -0.3 is 0 Å². The molecule has 0 aromatic carbocycles. The molecule has 0 aromatic rings. The zero-order valence-electron chi connectivity index (χ0n) is 15.3. The van der Waals surface area contributed by atoms with Gasteiger partial charge >= 0.3 is 139 Å². The minimum absolute atomic E-state index is 0.588. The van der Waals surface area contributed by atoms with Crippen LogP contribution in [0.3, 0.4) is 0 Å². The summed E-state index contributed by atoms with van der Waals surface area (Å²) in [6.45, 7) is 11.9. The summed E-state index contributed by atoms with van der Waals surface area (Å²) >= 11 is -2.20. The molecule has 0 bridgehead atoms. The van der Waals surface area contributed by atoms with Crippen LogP contribution in [0, 0.1) is 11.8 Å². The second kappa shape index (κ2) is 13.9. The van der Waals surface area contributed by atoms with Gasteiger partial charge in [-0.25, -0.2) is 0 Å². The van der Waals surface area contributed by atoms with E-state index in [0.29, 0.717) is 10.7 Å². The van der Waals surface area contributed by atoms with Gasteiger partial charge in [0.15, 0.2) is 0 Å². The molecule has 0 radical (unpaired) electrons. The Bertz CT molecular complexity index is 268. The second-order valence-corrected chi connectivity index (χ2v) is 20.2. The molecule has 0 heterocycles. The predicted molar refractivity (Wildman–Crippen MR) is 98.4 cm³/mol. The Morgan fingerprint density at radius 3 is 1.67 bits per heavy atom. The van der Waals surface area contributed by atoms with Crippen molar-refractivity contribution in [3.8, 4) is 11.8 Å². The van der Waals surface area contributed by atoms with Crippen molar-refractivity contribution in [2.75, 3.05) is 6.61 Å². The van der Waals surface area contributed by atoms with Crippen molar-refractivity contribution >= 4 is 18.4 Å². The van der Waals surface area contributed by atoms with Crippen LogP contribution < -0.4 is 0 Å². The van der Waals surface area contributed by atoms with Crippen molar-refractivity contribution in [2.24, 2.45) is 0 Å². The number of rotatable bonds is 13. The summed E-state index contributed by atoms with van der Waals surface area (Å²) in [4.78, 5) is 0. The van der Waals surface area contributed by atoms with Crippen LogP contribution in [0.5, 0.6) is 0 Å². The Hall–Kier alpha value is 0.319. The molecule has 0 fully saturated rings. The minimum atomic E-state index is -2.20. The van der Waals surface area contributed by atoms with E-state index in [1.165, 1.54) is 58.3 Å². The number of ether oxygens (including phenoxy) is 1. The first kappa shape index (κ1) is 21.3. The fraction of sp³-hybridized carbons (Fsp3) is 0.895. The summed E-state index contributed by atoms with van der Waals surface area (Å²) in [5.41, 5.74) is 0. The van der Waals surface area contributed by atoms with Crippen molar-refractivity contribution < 1.29 is 4.74 Å². The van der Waals surface area contributed by atoms with E-state index >= 15 is 0 Å². The van der Waals surface area contributed by atoms with Crippen molar-refractivity contribution in [3.05, 3.63) is 0 Å². The van der Waals surface area contributed by atoms with E-state index in [-0.39, 0.29) is 0 Å². The van der Waals surface area contributed by atoms with Crippen LogP contribution in [-0.2, 0) is 4.74 Å². The predicted octanol–water partition coefficient (Wildman–Crippen LogP) is 6.19. The third-order valence-electron chi connectivity index (χ3n) is 4.67. The van der Waals surface area contributed by atoms with Crippen LogP contribution in [0.4, 0.5) is 0 Å². The molecule has 0 aliphatic rings. The van der Waals surface area contributed by atoms with E-state index in [1.807, 2.05) is 6.92 Å². The molecule has 0 unspecified atom stereocenters. The standard InChI is InChI=1S/C7H11O.3C4H9.Sn/c1-3-5-7-8-6-4-2;3*1-3-4-2;/h6H,4,7H2,1-2H3;3*1,3-4H2,2H3;. The molecule has 0 N–H and O–H groups in total. The number of hydrogen-bond acceptors (Lipinski definition) is 1. The van der Waals surface area contributed by atoms with Crippen molar-refractivity contribution in [1.29, 1.82) is 0 Å². The Balaban J connectivity index is 5.04. The molecule has 1 nitrogen and oxygen atoms in total. The monoisotopic (exact) mass is 402 g/mol. The van der Waals surface area contributed by atoms with Crippen LogP contribution in [0.1, 0.15) is 79.6 Å². The molecule has 0 saturated heterocycles. The van der Waals surface area contributed by atoms with E-state index in [9.17, 15) is 0 Å². The van der Waals surface area contributed by atoms with Gasteiger partial charge in [0.1, 0.15) is 0 Å². The summed E-state index contributed by atoms with van der Waals surface area (Å²) in [7, 11) is 0. The third kappa shape index (κ3) is 8.50. The quantitative estimate of drug-likeness (QED) is 0.264. The molecule has 0 aromatic heterocycles. The molecule has 0 aliphatic carbocycles. The molecule has 0 aliphatic heterocycles. The third-order valence-corrected chi connectivity index (χ3v) is 21.8. The van der Waals surface area contributed by atoms with Crippen LogP contribution in [0.2, 0.25) is 13.3 Å². The van der Waals surface area contributed by atoms with Crippen LogP contribution in [0.25, 0.3) is 0 Å². The van der Waals surface area contributed by atoms with Gasteiger partial charge in [0, 0.05) is 0 Å². The van der Waals surface area contributed by atoms with Gasteiger partial charge in [-0.2, -0.15) is 0 Å². The Morgan fingerprint density at radius 2 is 1.33 bits per heavy atom. The van der Waals surface area contributed by atoms with E-state index in [0.717, 1.165) is 0 Å². The maximum absolute atomic E-state index is 6.31. The molecule has 0 amide bonds. The average Bonchev–Trinajstić information content (AvgIpc) is 2.52. The molecule has 1 atom stereocenters. The first-order chi connectivity index (χ1) is 10.2. The zero-order chi connectivity index (χ0) is 16.0. The summed E-state index contributed by atoms with van der Waals surface area (Å²) < 4.78 is 11.5.